The molecule has 0 bridgehead atoms. The summed E-state index contributed by atoms with van der Waals surface area (Å²) in [7, 11) is -5.48. The Labute approximate surface area is 186 Å². The van der Waals surface area contributed by atoms with Crippen molar-refractivity contribution in [3.05, 3.63) is 66.4 Å². The third-order valence-corrected chi connectivity index (χ3v) is 6.98. The first-order chi connectivity index (χ1) is 15.1. The van der Waals surface area contributed by atoms with Gasteiger partial charge in [-0.2, -0.15) is 0 Å². The normalized spacial score (nSPS) is 11.6. The molecule has 168 valence electrons. The predicted molar refractivity (Wildman–Crippen MR) is 118 cm³/mol. The predicted octanol–water partition coefficient (Wildman–Crippen LogP) is 2.75. The first-order valence-electron chi connectivity index (χ1n) is 9.11. The van der Waals surface area contributed by atoms with Crippen LogP contribution in [0, 0.1) is 0 Å². The van der Waals surface area contributed by atoms with Gasteiger partial charge in [0.05, 0.1) is 36.1 Å². The van der Waals surface area contributed by atoms with Crippen molar-refractivity contribution in [1.29, 1.82) is 0 Å². The molecule has 9 nitrogen and oxygen atoms in total. The van der Waals surface area contributed by atoms with Gasteiger partial charge >= 0.3 is 5.97 Å². The number of hydrogen-bond donors (Lipinski definition) is 1. The van der Waals surface area contributed by atoms with Gasteiger partial charge in [-0.05, 0) is 48.5 Å². The summed E-state index contributed by atoms with van der Waals surface area (Å²) in [4.78, 5) is 15.7. The highest BCUT2D eigenvalue weighted by atomic mass is 32.2. The molecule has 0 unspecified atom stereocenters. The summed E-state index contributed by atoms with van der Waals surface area (Å²) in [6, 6.07) is 12.9. The standard InChI is InChI=1S/C21H20N2O7S2/c1-29-19-10-7-14(21(24)30-2)12-20(19)32(27,28)23-18-13-15(31(3,25)26)8-9-16(18)17-6-4-5-11-22-17/h4-13,23H,1-3H3. The van der Waals surface area contributed by atoms with E-state index < -0.39 is 25.8 Å². The largest absolute Gasteiger partial charge is 0.495 e. The topological polar surface area (TPSA) is 129 Å². The van der Waals surface area contributed by atoms with E-state index in [-0.39, 0.29) is 26.8 Å². The summed E-state index contributed by atoms with van der Waals surface area (Å²) in [5, 5.41) is 0. The van der Waals surface area contributed by atoms with Gasteiger partial charge in [-0.1, -0.05) is 6.07 Å². The zero-order valence-electron chi connectivity index (χ0n) is 17.4. The molecule has 0 amide bonds. The van der Waals surface area contributed by atoms with E-state index in [0.29, 0.717) is 11.3 Å². The fourth-order valence-corrected chi connectivity index (χ4v) is 4.83. The lowest BCUT2D eigenvalue weighted by atomic mass is 10.1. The Balaban J connectivity index is 2.18. The van der Waals surface area contributed by atoms with Crippen LogP contribution < -0.4 is 9.46 Å². The van der Waals surface area contributed by atoms with Crippen LogP contribution in [0.5, 0.6) is 5.75 Å². The van der Waals surface area contributed by atoms with Crippen molar-refractivity contribution in [2.75, 3.05) is 25.2 Å². The van der Waals surface area contributed by atoms with Crippen LogP contribution in [0.15, 0.2) is 70.6 Å². The Hall–Kier alpha value is -3.44. The number of ether oxygens (including phenoxy) is 2. The van der Waals surface area contributed by atoms with E-state index in [1.807, 2.05) is 0 Å². The zero-order valence-corrected chi connectivity index (χ0v) is 19.0. The molecular formula is C21H20N2O7S2. The van der Waals surface area contributed by atoms with Gasteiger partial charge in [0.2, 0.25) is 0 Å². The van der Waals surface area contributed by atoms with Crippen molar-refractivity contribution in [1.82, 2.24) is 4.98 Å². The Morgan fingerprint density at radius 1 is 0.969 bits per heavy atom. The van der Waals surface area contributed by atoms with Crippen LogP contribution in [-0.4, -0.2) is 48.3 Å². The Kier molecular flexibility index (Phi) is 6.51. The molecular weight excluding hydrogens is 456 g/mol. The van der Waals surface area contributed by atoms with Crippen molar-refractivity contribution in [2.24, 2.45) is 0 Å². The van der Waals surface area contributed by atoms with Crippen molar-refractivity contribution in [2.45, 2.75) is 9.79 Å². The van der Waals surface area contributed by atoms with Crippen LogP contribution in [-0.2, 0) is 24.6 Å². The highest BCUT2D eigenvalue weighted by molar-refractivity contribution is 7.93. The number of sulfonamides is 1. The van der Waals surface area contributed by atoms with E-state index in [4.69, 9.17) is 4.74 Å². The number of hydrogen-bond acceptors (Lipinski definition) is 8. The van der Waals surface area contributed by atoms with Crippen LogP contribution in [0.3, 0.4) is 0 Å². The van der Waals surface area contributed by atoms with E-state index in [1.54, 1.807) is 18.2 Å². The summed E-state index contributed by atoms with van der Waals surface area (Å²) in [6.07, 6.45) is 2.55. The summed E-state index contributed by atoms with van der Waals surface area (Å²) < 4.78 is 62.9. The molecule has 0 aliphatic heterocycles. The minimum atomic E-state index is -4.32. The monoisotopic (exact) mass is 476 g/mol. The van der Waals surface area contributed by atoms with Gasteiger partial charge in [-0.3, -0.25) is 9.71 Å². The van der Waals surface area contributed by atoms with Gasteiger partial charge in [0.1, 0.15) is 10.6 Å². The van der Waals surface area contributed by atoms with Crippen LogP contribution in [0.25, 0.3) is 11.3 Å². The Morgan fingerprint density at radius 2 is 1.72 bits per heavy atom. The number of methoxy groups -OCH3 is 2. The smallest absolute Gasteiger partial charge is 0.337 e. The van der Waals surface area contributed by atoms with Crippen molar-refractivity contribution < 1.29 is 31.1 Å². The molecule has 0 spiro atoms. The SMILES string of the molecule is COC(=O)c1ccc(OC)c(S(=O)(=O)Nc2cc(S(C)(=O)=O)ccc2-c2ccccn2)c1. The highest BCUT2D eigenvalue weighted by Gasteiger charge is 2.24. The van der Waals surface area contributed by atoms with Crippen molar-refractivity contribution >= 4 is 31.5 Å². The molecule has 0 aliphatic carbocycles. The van der Waals surface area contributed by atoms with E-state index >= 15 is 0 Å². The number of aromatic nitrogens is 1. The van der Waals surface area contributed by atoms with E-state index in [0.717, 1.165) is 12.3 Å². The van der Waals surface area contributed by atoms with E-state index in [9.17, 15) is 21.6 Å². The molecule has 2 aromatic carbocycles. The summed E-state index contributed by atoms with van der Waals surface area (Å²) in [5.74, 6) is -0.735. The fourth-order valence-electron chi connectivity index (χ4n) is 2.92. The molecule has 0 radical (unpaired) electrons. The molecule has 3 rings (SSSR count). The number of carbonyl (C=O) groups is 1. The first-order valence-corrected chi connectivity index (χ1v) is 12.5. The van der Waals surface area contributed by atoms with Crippen molar-refractivity contribution in [3.8, 4) is 17.0 Å². The Bertz CT molecular complexity index is 1370. The molecule has 0 saturated carbocycles. The zero-order chi connectivity index (χ0) is 23.5. The van der Waals surface area contributed by atoms with E-state index in [1.165, 1.54) is 50.7 Å². The number of pyridine rings is 1. The molecule has 0 aliphatic rings. The number of benzene rings is 2. The molecule has 1 aromatic heterocycles. The maximum absolute atomic E-state index is 13.3. The number of carbonyl (C=O) groups excluding carboxylic acids is 1. The summed E-state index contributed by atoms with van der Waals surface area (Å²) >= 11 is 0. The lowest BCUT2D eigenvalue weighted by Gasteiger charge is -2.16. The lowest BCUT2D eigenvalue weighted by Crippen LogP contribution is -2.16. The molecule has 0 saturated heterocycles. The molecule has 0 fully saturated rings. The van der Waals surface area contributed by atoms with Crippen molar-refractivity contribution in [3.63, 3.8) is 0 Å². The second kappa shape index (κ2) is 8.97. The highest BCUT2D eigenvalue weighted by Crippen LogP contribution is 2.33. The molecule has 0 atom stereocenters. The first kappa shape index (κ1) is 23.2. The third kappa shape index (κ3) is 4.89. The second-order valence-corrected chi connectivity index (χ2v) is 10.3. The molecule has 3 aromatic rings. The molecule has 32 heavy (non-hydrogen) atoms. The number of nitrogens with one attached hydrogen (secondary N) is 1. The quantitative estimate of drug-likeness (QED) is 0.516. The van der Waals surface area contributed by atoms with Crippen LogP contribution in [0.4, 0.5) is 5.69 Å². The number of rotatable bonds is 7. The van der Waals surface area contributed by atoms with Gasteiger partial charge in [0.15, 0.2) is 9.84 Å². The molecule has 1 heterocycles. The Morgan fingerprint density at radius 3 is 2.31 bits per heavy atom. The molecule has 1 N–H and O–H groups in total. The van der Waals surface area contributed by atoms with Crippen LogP contribution >= 0.6 is 0 Å². The summed E-state index contributed by atoms with van der Waals surface area (Å²) in [6.45, 7) is 0. The fraction of sp³-hybridized carbons (Fsp3) is 0.143. The maximum atomic E-state index is 13.3. The van der Waals surface area contributed by atoms with Crippen LogP contribution in [0.2, 0.25) is 0 Å². The average molecular weight is 477 g/mol. The number of nitrogens with zero attached hydrogens (tertiary/aromatic N) is 1. The lowest BCUT2D eigenvalue weighted by molar-refractivity contribution is 0.0600. The minimum absolute atomic E-state index is 0.00264. The summed E-state index contributed by atoms with van der Waals surface area (Å²) in [5.41, 5.74) is 0.797. The van der Waals surface area contributed by atoms with Gasteiger partial charge in [0.25, 0.3) is 10.0 Å². The number of sulfone groups is 1. The third-order valence-electron chi connectivity index (χ3n) is 4.48. The van der Waals surface area contributed by atoms with Crippen LogP contribution in [0.1, 0.15) is 10.4 Å². The second-order valence-electron chi connectivity index (χ2n) is 6.66. The van der Waals surface area contributed by atoms with Gasteiger partial charge < -0.3 is 9.47 Å². The van der Waals surface area contributed by atoms with E-state index in [2.05, 4.69) is 14.4 Å². The maximum Gasteiger partial charge on any atom is 0.337 e. The minimum Gasteiger partial charge on any atom is -0.495 e. The van der Waals surface area contributed by atoms with Gasteiger partial charge in [0, 0.05) is 18.0 Å². The number of esters is 1. The number of anilines is 1. The van der Waals surface area contributed by atoms with Gasteiger partial charge in [-0.15, -0.1) is 0 Å². The average Bonchev–Trinajstić information content (AvgIpc) is 2.77. The van der Waals surface area contributed by atoms with Gasteiger partial charge in [-0.25, -0.2) is 21.6 Å². The molecule has 11 heteroatoms.